The van der Waals surface area contributed by atoms with Crippen LogP contribution in [-0.4, -0.2) is 11.5 Å². The summed E-state index contributed by atoms with van der Waals surface area (Å²) in [5.74, 6) is -0.257. The second kappa shape index (κ2) is 5.95. The van der Waals surface area contributed by atoms with E-state index in [1.54, 1.807) is 0 Å². The van der Waals surface area contributed by atoms with Crippen LogP contribution in [-0.2, 0) is 5.11 Å². The van der Waals surface area contributed by atoms with Crippen LogP contribution in [0.25, 0.3) is 0 Å². The molecular weight excluding hydrogens is 210 g/mol. The summed E-state index contributed by atoms with van der Waals surface area (Å²) in [4.78, 5) is 9.95. The molecule has 1 rings (SSSR count). The third kappa shape index (κ3) is 3.42. The number of rotatable bonds is 6. The molecule has 87 valence electrons. The molecule has 0 amide bonds. The van der Waals surface area contributed by atoms with Crippen molar-refractivity contribution < 1.29 is 14.8 Å². The largest absolute Gasteiger partial charge is 0.489 e. The van der Waals surface area contributed by atoms with Crippen molar-refractivity contribution in [1.82, 2.24) is 0 Å². The fourth-order valence-corrected chi connectivity index (χ4v) is 1.26. The molecule has 16 heavy (non-hydrogen) atoms. The van der Waals surface area contributed by atoms with Gasteiger partial charge in [0.25, 0.3) is 5.69 Å². The first-order chi connectivity index (χ1) is 7.65. The van der Waals surface area contributed by atoms with E-state index in [2.05, 4.69) is 6.92 Å². The van der Waals surface area contributed by atoms with E-state index in [0.29, 0.717) is 6.61 Å². The van der Waals surface area contributed by atoms with Gasteiger partial charge in [0.05, 0.1) is 17.6 Å². The molecule has 1 radical (unpaired) electrons. The van der Waals surface area contributed by atoms with E-state index in [1.807, 2.05) is 0 Å². The van der Waals surface area contributed by atoms with Crippen LogP contribution in [0.15, 0.2) is 18.2 Å². The Balaban J connectivity index is 2.63. The Bertz CT molecular complexity index is 365. The number of non-ortho nitro benzene ring substituents is 1. The quantitative estimate of drug-likeness (QED) is 0.422. The maximum absolute atomic E-state index is 11.3. The van der Waals surface area contributed by atoms with E-state index in [0.717, 1.165) is 25.3 Å². The lowest BCUT2D eigenvalue weighted by molar-refractivity contribution is -0.385. The first-order valence-corrected chi connectivity index (χ1v) is 5.23. The lowest BCUT2D eigenvalue weighted by Crippen LogP contribution is -1.98. The first kappa shape index (κ1) is 12.3. The number of benzene rings is 1. The number of nitro benzene ring substituents is 1. The Morgan fingerprint density at radius 3 is 2.75 bits per heavy atom. The van der Waals surface area contributed by atoms with Gasteiger partial charge in [0, 0.05) is 6.07 Å². The third-order valence-electron chi connectivity index (χ3n) is 2.14. The zero-order valence-corrected chi connectivity index (χ0v) is 9.14. The summed E-state index contributed by atoms with van der Waals surface area (Å²) in [7, 11) is 0. The van der Waals surface area contributed by atoms with E-state index in [4.69, 9.17) is 4.74 Å². The molecule has 0 atom stereocenters. The summed E-state index contributed by atoms with van der Waals surface area (Å²) in [6.07, 6.45) is 2.92. The summed E-state index contributed by atoms with van der Waals surface area (Å²) in [6.45, 7) is 2.48. The second-order valence-electron chi connectivity index (χ2n) is 3.44. The molecule has 0 fully saturated rings. The molecule has 0 unspecified atom stereocenters. The summed E-state index contributed by atoms with van der Waals surface area (Å²) in [6, 6.07) is 3.52. The van der Waals surface area contributed by atoms with Gasteiger partial charge in [-0.3, -0.25) is 15.2 Å². The number of hydrogen-bond donors (Lipinski definition) is 0. The Morgan fingerprint density at radius 2 is 2.12 bits per heavy atom. The number of hydrogen-bond acceptors (Lipinski definition) is 3. The van der Waals surface area contributed by atoms with Crippen LogP contribution in [0.2, 0.25) is 0 Å². The van der Waals surface area contributed by atoms with Crippen LogP contribution in [0.4, 0.5) is 5.69 Å². The third-order valence-corrected chi connectivity index (χ3v) is 2.14. The highest BCUT2D eigenvalue weighted by molar-refractivity contribution is 5.47. The second-order valence-corrected chi connectivity index (χ2v) is 3.44. The molecule has 0 aliphatic rings. The molecular formula is C11H14NO4. The molecule has 1 aromatic rings. The van der Waals surface area contributed by atoms with E-state index in [9.17, 15) is 15.2 Å². The standard InChI is InChI=1S/C11H14NO4/c1-2-3-4-7-16-11-8-9(12(14)15)5-6-10(11)13/h5-6,8H,2-4,7H2,1H3. The molecule has 0 spiro atoms. The van der Waals surface area contributed by atoms with Gasteiger partial charge in [-0.2, -0.15) is 0 Å². The number of ether oxygens (including phenoxy) is 1. The van der Waals surface area contributed by atoms with Gasteiger partial charge in [-0.1, -0.05) is 19.8 Å². The van der Waals surface area contributed by atoms with E-state index >= 15 is 0 Å². The monoisotopic (exact) mass is 224 g/mol. The SMILES string of the molecule is CCCCCOc1cc([N+](=O)[O-])ccc1[O]. The van der Waals surface area contributed by atoms with Crippen molar-refractivity contribution in [2.75, 3.05) is 6.61 Å². The first-order valence-electron chi connectivity index (χ1n) is 5.23. The van der Waals surface area contributed by atoms with Crippen molar-refractivity contribution in [3.8, 4) is 11.5 Å². The van der Waals surface area contributed by atoms with Gasteiger partial charge in [0.1, 0.15) is 0 Å². The Kier molecular flexibility index (Phi) is 4.57. The van der Waals surface area contributed by atoms with Gasteiger partial charge in [-0.05, 0) is 12.5 Å². The van der Waals surface area contributed by atoms with E-state index < -0.39 is 4.92 Å². The maximum atomic E-state index is 11.3. The minimum absolute atomic E-state index is 0.0605. The highest BCUT2D eigenvalue weighted by atomic mass is 16.6. The zero-order chi connectivity index (χ0) is 12.0. The van der Waals surface area contributed by atoms with E-state index in [-0.39, 0.29) is 17.2 Å². The maximum Gasteiger partial charge on any atom is 0.273 e. The normalized spacial score (nSPS) is 10.1. The summed E-state index contributed by atoms with van der Waals surface area (Å²) < 4.78 is 5.21. The van der Waals surface area contributed by atoms with Gasteiger partial charge in [0.2, 0.25) is 5.75 Å². The molecule has 0 saturated carbocycles. The molecule has 0 N–H and O–H groups in total. The van der Waals surface area contributed by atoms with Gasteiger partial charge < -0.3 is 4.74 Å². The topological polar surface area (TPSA) is 72.3 Å². The lowest BCUT2D eigenvalue weighted by atomic mass is 10.2. The average molecular weight is 224 g/mol. The van der Waals surface area contributed by atoms with Gasteiger partial charge in [-0.15, -0.1) is 0 Å². The predicted molar refractivity (Wildman–Crippen MR) is 58.2 cm³/mol. The summed E-state index contributed by atoms with van der Waals surface area (Å²) >= 11 is 0. The molecule has 5 nitrogen and oxygen atoms in total. The fourth-order valence-electron chi connectivity index (χ4n) is 1.26. The van der Waals surface area contributed by atoms with Crippen molar-refractivity contribution in [2.24, 2.45) is 0 Å². The van der Waals surface area contributed by atoms with Crippen LogP contribution in [0, 0.1) is 10.1 Å². The fraction of sp³-hybridized carbons (Fsp3) is 0.455. The Labute approximate surface area is 93.8 Å². The van der Waals surface area contributed by atoms with Crippen molar-refractivity contribution in [1.29, 1.82) is 0 Å². The molecule has 0 saturated heterocycles. The highest BCUT2D eigenvalue weighted by Crippen LogP contribution is 2.30. The van der Waals surface area contributed by atoms with Crippen LogP contribution in [0.5, 0.6) is 11.5 Å². The summed E-state index contributed by atoms with van der Waals surface area (Å²) in [5, 5.41) is 21.8. The van der Waals surface area contributed by atoms with Crippen LogP contribution < -0.4 is 4.74 Å². The van der Waals surface area contributed by atoms with Crippen molar-refractivity contribution in [2.45, 2.75) is 26.2 Å². The van der Waals surface area contributed by atoms with Crippen molar-refractivity contribution in [3.05, 3.63) is 28.3 Å². The van der Waals surface area contributed by atoms with Crippen molar-refractivity contribution >= 4 is 5.69 Å². The predicted octanol–water partition coefficient (Wildman–Crippen LogP) is 3.31. The molecule has 0 bridgehead atoms. The Morgan fingerprint density at radius 1 is 1.38 bits per heavy atom. The van der Waals surface area contributed by atoms with Crippen LogP contribution >= 0.6 is 0 Å². The number of nitro groups is 1. The van der Waals surface area contributed by atoms with Crippen LogP contribution in [0.3, 0.4) is 0 Å². The van der Waals surface area contributed by atoms with Crippen LogP contribution in [0.1, 0.15) is 26.2 Å². The molecule has 1 aromatic carbocycles. The highest BCUT2D eigenvalue weighted by Gasteiger charge is 2.12. The zero-order valence-electron chi connectivity index (χ0n) is 9.14. The molecule has 0 heterocycles. The average Bonchev–Trinajstić information content (AvgIpc) is 2.26. The minimum Gasteiger partial charge on any atom is -0.489 e. The minimum atomic E-state index is -0.543. The number of unbranched alkanes of at least 4 members (excludes halogenated alkanes) is 2. The number of nitrogens with zero attached hydrogens (tertiary/aromatic N) is 1. The molecule has 5 heteroatoms. The molecule has 0 aromatic heterocycles. The van der Waals surface area contributed by atoms with E-state index in [1.165, 1.54) is 12.1 Å². The smallest absolute Gasteiger partial charge is 0.273 e. The summed E-state index contributed by atoms with van der Waals surface area (Å²) in [5.41, 5.74) is -0.120. The van der Waals surface area contributed by atoms with Crippen molar-refractivity contribution in [3.63, 3.8) is 0 Å². The van der Waals surface area contributed by atoms with Gasteiger partial charge >= 0.3 is 0 Å². The molecule has 0 aliphatic carbocycles. The Hall–Kier alpha value is -1.78. The lowest BCUT2D eigenvalue weighted by Gasteiger charge is -2.05. The molecule has 0 aliphatic heterocycles. The van der Waals surface area contributed by atoms with Gasteiger partial charge in [-0.25, -0.2) is 0 Å². The van der Waals surface area contributed by atoms with Gasteiger partial charge in [0.15, 0.2) is 5.75 Å².